The Labute approximate surface area is 338 Å². The number of ketones is 2. The van der Waals surface area contributed by atoms with E-state index in [0.29, 0.717) is 41.5 Å². The fraction of sp³-hybridized carbons (Fsp3) is 0.415. The smallest absolute Gasteiger partial charge is 0.253 e. The monoisotopic (exact) mass is 814 g/mol. The second kappa shape index (κ2) is 16.0. The van der Waals surface area contributed by atoms with Crippen molar-refractivity contribution in [2.75, 3.05) is 33.0 Å². The molecule has 1 fully saturated rings. The van der Waals surface area contributed by atoms with Crippen LogP contribution < -0.4 is 26.3 Å². The quantitative estimate of drug-likeness (QED) is 0.0573. The predicted molar refractivity (Wildman–Crippen MR) is 209 cm³/mol. The number of hydrogen-bond acceptors (Lipinski definition) is 15. The number of imide groups is 1. The number of phenols is 1. The van der Waals surface area contributed by atoms with Gasteiger partial charge in [-0.25, -0.2) is 4.98 Å². The number of methoxy groups -OCH3 is 1. The number of aliphatic imine (C=N–C) groups is 1. The third kappa shape index (κ3) is 7.05. The van der Waals surface area contributed by atoms with Crippen molar-refractivity contribution < 1.29 is 58.9 Å². The first-order chi connectivity index (χ1) is 28.2. The standard InChI is InChI=1S/C41H46N6O12/c1-4-21-24(57-3)14-25(33-31(21)34(51)22-12-19-6-5-7-23(46-40(43)44-2)30(19)35(52)32(22)36(33)53)58-39-37(54)38(55)41(56,26(17-48)59-39)15-20(18-10-11-45-27(42)13-18)16-47-28(49)8-9-29(47)50/h8-14,20,23,26,37-39,48,52,54-56H,4-7,15-17H2,1-3H3,(H2,42,45)(H3,43,44,46)/t20-,23-,26-,37-,38-,39-,41-/m1/s1. The first kappa shape index (κ1) is 41.2. The van der Waals surface area contributed by atoms with Crippen LogP contribution >= 0.6 is 0 Å². The lowest BCUT2D eigenvalue weighted by Crippen LogP contribution is -2.68. The van der Waals surface area contributed by atoms with Gasteiger partial charge in [0.2, 0.25) is 12.1 Å². The number of fused-ring (bicyclic) bond motifs is 3. The van der Waals surface area contributed by atoms with Crippen LogP contribution in [0.25, 0.3) is 0 Å². The van der Waals surface area contributed by atoms with Crippen molar-refractivity contribution >= 4 is 35.2 Å². The van der Waals surface area contributed by atoms with E-state index in [1.165, 1.54) is 32.5 Å². The minimum Gasteiger partial charge on any atom is -0.507 e. The van der Waals surface area contributed by atoms with Crippen LogP contribution in [0.1, 0.15) is 92.2 Å². The van der Waals surface area contributed by atoms with Crippen molar-refractivity contribution in [2.24, 2.45) is 10.7 Å². The molecule has 4 aliphatic rings. The molecular formula is C41H46N6O12. The molecule has 18 nitrogen and oxygen atoms in total. The van der Waals surface area contributed by atoms with E-state index in [2.05, 4.69) is 15.3 Å². The van der Waals surface area contributed by atoms with Gasteiger partial charge in [-0.05, 0) is 61.4 Å². The summed E-state index contributed by atoms with van der Waals surface area (Å²) in [6.07, 6.45) is -2.57. The van der Waals surface area contributed by atoms with Gasteiger partial charge in [0.05, 0.1) is 30.9 Å². The number of aromatic nitrogens is 1. The number of nitrogens with zero attached hydrogens (tertiary/aromatic N) is 3. The number of phenolic OH excluding ortho intramolecular Hbond substituents is 1. The number of amides is 2. The van der Waals surface area contributed by atoms with E-state index < -0.39 is 84.3 Å². The molecule has 0 radical (unpaired) electrons. The number of nitrogen functional groups attached to an aromatic ring is 1. The van der Waals surface area contributed by atoms with Gasteiger partial charge >= 0.3 is 0 Å². The lowest BCUT2D eigenvalue weighted by molar-refractivity contribution is -0.315. The Morgan fingerprint density at radius 1 is 1.10 bits per heavy atom. The van der Waals surface area contributed by atoms with Gasteiger partial charge in [-0.1, -0.05) is 6.92 Å². The molecule has 0 saturated carbocycles. The minimum absolute atomic E-state index is 0.0150. The number of carbonyl (C=O) groups excluding carboxylic acids is 4. The SMILES string of the molecule is CCc1c(OC)cc(O[C@@H]2O[C@H](CO)[C@](O)(C[C@H](CN3C(=O)C=CC3=O)c3ccnc(N)c3)[C@H](O)[C@H]2O)c2c1C(=O)c1cc3c(c(O)c1C2=O)[C@H](NC(N)=NC)CCC3. The van der Waals surface area contributed by atoms with Crippen LogP contribution in [0.2, 0.25) is 0 Å². The number of nitrogens with two attached hydrogens (primary N) is 2. The Morgan fingerprint density at radius 3 is 2.47 bits per heavy atom. The number of benzene rings is 2. The van der Waals surface area contributed by atoms with Gasteiger partial charge in [0.1, 0.15) is 47.0 Å². The molecular weight excluding hydrogens is 768 g/mol. The fourth-order valence-corrected chi connectivity index (χ4v) is 8.71. The average Bonchev–Trinajstić information content (AvgIpc) is 3.54. The summed E-state index contributed by atoms with van der Waals surface area (Å²) in [5.74, 6) is -3.84. The zero-order valence-electron chi connectivity index (χ0n) is 32.5. The van der Waals surface area contributed by atoms with E-state index in [9.17, 15) is 44.7 Å². The van der Waals surface area contributed by atoms with Crippen LogP contribution in [-0.2, 0) is 27.2 Å². The second-order valence-electron chi connectivity index (χ2n) is 15.0. The average molecular weight is 815 g/mol. The van der Waals surface area contributed by atoms with Gasteiger partial charge in [0.25, 0.3) is 11.8 Å². The third-order valence-electron chi connectivity index (χ3n) is 11.7. The number of aryl methyl sites for hydroxylation is 1. The molecule has 3 aromatic rings. The number of pyridine rings is 1. The van der Waals surface area contributed by atoms with Gasteiger partial charge in [-0.15, -0.1) is 0 Å². The van der Waals surface area contributed by atoms with Crippen molar-refractivity contribution in [3.8, 4) is 17.2 Å². The highest BCUT2D eigenvalue weighted by atomic mass is 16.7. The van der Waals surface area contributed by atoms with Crippen LogP contribution in [0.5, 0.6) is 17.2 Å². The Hall–Kier alpha value is -5.92. The zero-order valence-corrected chi connectivity index (χ0v) is 32.5. The predicted octanol–water partition coefficient (Wildman–Crippen LogP) is 0.275. The lowest BCUT2D eigenvalue weighted by Gasteiger charge is -2.49. The van der Waals surface area contributed by atoms with Crippen LogP contribution in [0, 0.1) is 0 Å². The first-order valence-electron chi connectivity index (χ1n) is 19.1. The maximum absolute atomic E-state index is 14.7. The first-order valence-corrected chi connectivity index (χ1v) is 19.1. The summed E-state index contributed by atoms with van der Waals surface area (Å²) in [5, 5.41) is 60.9. The van der Waals surface area contributed by atoms with Crippen molar-refractivity contribution in [1.82, 2.24) is 15.2 Å². The molecule has 0 unspecified atom stereocenters. The lowest BCUT2D eigenvalue weighted by atomic mass is 9.75. The molecule has 7 atom stereocenters. The number of aliphatic hydroxyl groups is 4. The van der Waals surface area contributed by atoms with Crippen molar-refractivity contribution in [3.63, 3.8) is 0 Å². The summed E-state index contributed by atoms with van der Waals surface area (Å²) >= 11 is 0. The second-order valence-corrected chi connectivity index (χ2v) is 15.0. The van der Waals surface area contributed by atoms with Crippen LogP contribution in [0.4, 0.5) is 5.82 Å². The number of guanidine groups is 1. The van der Waals surface area contributed by atoms with Gasteiger partial charge < -0.3 is 56.5 Å². The molecule has 2 aromatic carbocycles. The van der Waals surface area contributed by atoms with E-state index >= 15 is 0 Å². The van der Waals surface area contributed by atoms with Crippen molar-refractivity contribution in [1.29, 1.82) is 0 Å². The van der Waals surface area contributed by atoms with Gasteiger partial charge in [-0.3, -0.25) is 29.1 Å². The summed E-state index contributed by atoms with van der Waals surface area (Å²) in [6, 6.07) is 5.42. The molecule has 1 aromatic heterocycles. The highest BCUT2D eigenvalue weighted by molar-refractivity contribution is 6.31. The molecule has 2 amide bonds. The molecule has 1 saturated heterocycles. The summed E-state index contributed by atoms with van der Waals surface area (Å²) in [6.45, 7) is 0.566. The molecule has 2 aliphatic carbocycles. The topological polar surface area (TPSA) is 290 Å². The fourth-order valence-electron chi connectivity index (χ4n) is 8.71. The van der Waals surface area contributed by atoms with E-state index in [0.717, 1.165) is 17.1 Å². The maximum atomic E-state index is 14.7. The summed E-state index contributed by atoms with van der Waals surface area (Å²) in [7, 11) is 2.86. The third-order valence-corrected chi connectivity index (χ3v) is 11.7. The van der Waals surface area contributed by atoms with Crippen LogP contribution in [0.3, 0.4) is 0 Å². The molecule has 59 heavy (non-hydrogen) atoms. The molecule has 0 bridgehead atoms. The molecule has 2 aliphatic heterocycles. The van der Waals surface area contributed by atoms with Gasteiger partial charge in [-0.2, -0.15) is 0 Å². The minimum atomic E-state index is -2.44. The van der Waals surface area contributed by atoms with E-state index in [-0.39, 0.29) is 58.5 Å². The van der Waals surface area contributed by atoms with Crippen LogP contribution in [-0.4, -0.2) is 122 Å². The highest BCUT2D eigenvalue weighted by Gasteiger charge is 2.57. The number of ether oxygens (including phenoxy) is 3. The molecule has 18 heteroatoms. The molecule has 7 rings (SSSR count). The largest absolute Gasteiger partial charge is 0.507 e. The van der Waals surface area contributed by atoms with Gasteiger partial charge in [0, 0.05) is 66.2 Å². The molecule has 3 heterocycles. The van der Waals surface area contributed by atoms with Gasteiger partial charge in [0.15, 0.2) is 11.7 Å². The summed E-state index contributed by atoms with van der Waals surface area (Å²) in [5.41, 5.74) is 10.7. The van der Waals surface area contributed by atoms with Crippen molar-refractivity contribution in [3.05, 3.63) is 87.1 Å². The Balaban J connectivity index is 1.26. The number of nitrogens with one attached hydrogen (secondary N) is 1. The summed E-state index contributed by atoms with van der Waals surface area (Å²) < 4.78 is 17.8. The van der Waals surface area contributed by atoms with E-state index in [4.69, 9.17) is 25.7 Å². The van der Waals surface area contributed by atoms with E-state index in [1.807, 2.05) is 0 Å². The number of aromatic hydroxyl groups is 1. The number of aliphatic hydroxyl groups excluding tert-OH is 3. The Kier molecular flexibility index (Phi) is 11.2. The molecule has 0 spiro atoms. The number of rotatable bonds is 11. The zero-order chi connectivity index (χ0) is 42.5. The Bertz CT molecular complexity index is 2270. The normalized spacial score (nSPS) is 25.7. The van der Waals surface area contributed by atoms with Crippen molar-refractivity contribution in [2.45, 2.75) is 81.2 Å². The number of hydrogen-bond donors (Lipinski definition) is 8. The Morgan fingerprint density at radius 2 is 1.83 bits per heavy atom. The molecule has 10 N–H and O–H groups in total. The maximum Gasteiger partial charge on any atom is 0.253 e. The number of carbonyl (C=O) groups is 4. The summed E-state index contributed by atoms with van der Waals surface area (Å²) in [4.78, 5) is 63.2. The van der Waals surface area contributed by atoms with Crippen LogP contribution in [0.15, 0.2) is 47.6 Å². The van der Waals surface area contributed by atoms with E-state index in [1.54, 1.807) is 19.1 Å². The highest BCUT2D eigenvalue weighted by Crippen LogP contribution is 2.48. The molecule has 312 valence electrons. The number of anilines is 1.